The van der Waals surface area contributed by atoms with Crippen molar-refractivity contribution in [1.29, 1.82) is 5.26 Å². The molecule has 1 amide bonds. The van der Waals surface area contributed by atoms with Gasteiger partial charge in [0.25, 0.3) is 15.9 Å². The first-order valence-corrected chi connectivity index (χ1v) is 20.9. The minimum Gasteiger partial charge on any atom is -0.481 e. The summed E-state index contributed by atoms with van der Waals surface area (Å²) in [4.78, 5) is 33.5. The number of aryl methyl sites for hydroxylation is 2. The average molecular weight is 863 g/mol. The summed E-state index contributed by atoms with van der Waals surface area (Å²) < 4.78 is 71.6. The summed E-state index contributed by atoms with van der Waals surface area (Å²) in [6.45, 7) is 5.97. The number of aromatic amines is 1. The number of carbonyl (C=O) groups excluding carboxylic acids is 1. The number of anilines is 1. The third-order valence-electron chi connectivity index (χ3n) is 10.4. The standard InChI is InChI=1S/C43H33F3N8O5S2/c1-22-23(2)60-42-36(22)38(50-34(18-35(55)56)40-52-51-24(3)54(40)42)28-10-6-26(7-11-28)27-8-12-29(13-9-27)41(57)49-20-25-4-14-31(15-5-25)61(58,59)53-33-17-16-32(43(44,45)46)37-30(19-47)21-48-39(33)37/h4-17,21,34,48,53H,18,20H2,1-3H3,(H,49,57)(H,55,56)/t34-/m0/s1. The Labute approximate surface area is 350 Å². The van der Waals surface area contributed by atoms with Crippen molar-refractivity contribution in [3.63, 3.8) is 0 Å². The molecule has 7 aromatic rings. The van der Waals surface area contributed by atoms with Crippen LogP contribution in [0.1, 0.15) is 72.7 Å². The van der Waals surface area contributed by atoms with Crippen molar-refractivity contribution in [3.05, 3.63) is 147 Å². The maximum atomic E-state index is 13.6. The molecule has 3 aromatic heterocycles. The number of nitrogens with zero attached hydrogens (tertiary/aromatic N) is 5. The highest BCUT2D eigenvalue weighted by atomic mass is 32.2. The molecule has 4 N–H and O–H groups in total. The van der Waals surface area contributed by atoms with Crippen LogP contribution in [-0.4, -0.2) is 50.9 Å². The van der Waals surface area contributed by atoms with Gasteiger partial charge in [-0.25, -0.2) is 8.42 Å². The topological polar surface area (TPSA) is 195 Å². The summed E-state index contributed by atoms with van der Waals surface area (Å²) >= 11 is 1.59. The molecule has 0 unspecified atom stereocenters. The van der Waals surface area contributed by atoms with Gasteiger partial charge in [0, 0.05) is 39.7 Å². The molecule has 18 heteroatoms. The van der Waals surface area contributed by atoms with Crippen molar-refractivity contribution in [2.24, 2.45) is 4.99 Å². The number of nitriles is 1. The number of aromatic nitrogens is 4. The summed E-state index contributed by atoms with van der Waals surface area (Å²) in [5.41, 5.74) is 4.46. The lowest BCUT2D eigenvalue weighted by Gasteiger charge is -2.13. The van der Waals surface area contributed by atoms with Crippen molar-refractivity contribution in [3.8, 4) is 22.2 Å². The van der Waals surface area contributed by atoms with Gasteiger partial charge in [-0.05, 0) is 79.4 Å². The normalized spacial score (nSPS) is 13.8. The van der Waals surface area contributed by atoms with E-state index in [0.29, 0.717) is 28.5 Å². The van der Waals surface area contributed by atoms with Gasteiger partial charge in [0.05, 0.1) is 39.4 Å². The molecule has 0 saturated carbocycles. The maximum absolute atomic E-state index is 13.6. The largest absolute Gasteiger partial charge is 0.481 e. The summed E-state index contributed by atoms with van der Waals surface area (Å²) in [5, 5.41) is 30.9. The Kier molecular flexibility index (Phi) is 10.3. The number of sulfonamides is 1. The molecule has 0 radical (unpaired) electrons. The monoisotopic (exact) mass is 862 g/mol. The molecule has 8 rings (SSSR count). The van der Waals surface area contributed by atoms with Crippen LogP contribution in [0.4, 0.5) is 18.9 Å². The van der Waals surface area contributed by atoms with E-state index in [4.69, 9.17) is 4.99 Å². The molecule has 308 valence electrons. The number of aliphatic carboxylic acids is 1. The Morgan fingerprint density at radius 1 is 0.934 bits per heavy atom. The van der Waals surface area contributed by atoms with Crippen LogP contribution in [0, 0.1) is 32.1 Å². The van der Waals surface area contributed by atoms with Crippen LogP contribution in [0.15, 0.2) is 101 Å². The van der Waals surface area contributed by atoms with Gasteiger partial charge in [-0.2, -0.15) is 18.4 Å². The molecule has 61 heavy (non-hydrogen) atoms. The van der Waals surface area contributed by atoms with E-state index >= 15 is 0 Å². The smallest absolute Gasteiger partial charge is 0.417 e. The number of fused-ring (bicyclic) bond motifs is 4. The van der Waals surface area contributed by atoms with E-state index in [1.54, 1.807) is 29.5 Å². The molecule has 0 fully saturated rings. The number of hydrogen-bond donors (Lipinski definition) is 4. The Bertz CT molecular complexity index is 3070. The van der Waals surface area contributed by atoms with Crippen LogP contribution in [0.2, 0.25) is 0 Å². The minimum absolute atomic E-state index is 0.0776. The van der Waals surface area contributed by atoms with Crippen LogP contribution < -0.4 is 10.0 Å². The summed E-state index contributed by atoms with van der Waals surface area (Å²) in [6.07, 6.45) is -3.93. The molecule has 1 aliphatic rings. The average Bonchev–Trinajstić information content (AvgIpc) is 3.90. The third kappa shape index (κ3) is 7.64. The number of thiophene rings is 1. The fraction of sp³-hybridized carbons (Fsp3) is 0.163. The van der Waals surface area contributed by atoms with Crippen LogP contribution >= 0.6 is 11.3 Å². The predicted octanol–water partition coefficient (Wildman–Crippen LogP) is 8.39. The Hall–Kier alpha value is -7.10. The molecular formula is C43H33F3N8O5S2. The van der Waals surface area contributed by atoms with E-state index in [1.807, 2.05) is 61.7 Å². The van der Waals surface area contributed by atoms with Gasteiger partial charge in [-0.1, -0.05) is 48.5 Å². The molecule has 1 atom stereocenters. The lowest BCUT2D eigenvalue weighted by Crippen LogP contribution is -2.22. The van der Waals surface area contributed by atoms with Crippen LogP contribution in [0.3, 0.4) is 0 Å². The predicted molar refractivity (Wildman–Crippen MR) is 222 cm³/mol. The number of aliphatic imine (C=N–C) groups is 1. The number of carboxylic acids is 1. The van der Waals surface area contributed by atoms with E-state index in [0.717, 1.165) is 56.0 Å². The van der Waals surface area contributed by atoms with E-state index in [2.05, 4.69) is 25.2 Å². The van der Waals surface area contributed by atoms with Gasteiger partial charge < -0.3 is 15.4 Å². The van der Waals surface area contributed by atoms with Crippen molar-refractivity contribution in [1.82, 2.24) is 25.1 Å². The zero-order chi connectivity index (χ0) is 43.4. The summed E-state index contributed by atoms with van der Waals surface area (Å²) in [7, 11) is -4.26. The molecule has 0 aliphatic carbocycles. The minimum atomic E-state index is -4.77. The molecule has 0 bridgehead atoms. The van der Waals surface area contributed by atoms with Crippen LogP contribution in [-0.2, 0) is 27.5 Å². The molecule has 0 spiro atoms. The first-order chi connectivity index (χ1) is 29.0. The zero-order valence-corrected chi connectivity index (χ0v) is 34.1. The van der Waals surface area contributed by atoms with Gasteiger partial charge in [0.15, 0.2) is 5.82 Å². The number of H-pyrrole nitrogens is 1. The van der Waals surface area contributed by atoms with Crippen LogP contribution in [0.25, 0.3) is 27.0 Å². The number of alkyl halides is 3. The Morgan fingerprint density at radius 2 is 1.59 bits per heavy atom. The molecule has 0 saturated heterocycles. The molecule has 4 heterocycles. The fourth-order valence-corrected chi connectivity index (χ4v) is 9.54. The number of benzene rings is 4. The molecule has 13 nitrogen and oxygen atoms in total. The quantitative estimate of drug-likeness (QED) is 0.105. The first-order valence-electron chi connectivity index (χ1n) is 18.6. The summed E-state index contributed by atoms with van der Waals surface area (Å²) in [5.74, 6) is -0.234. The van der Waals surface area contributed by atoms with E-state index in [9.17, 15) is 41.5 Å². The number of carboxylic acid groups (broad SMARTS) is 1. The highest BCUT2D eigenvalue weighted by Crippen LogP contribution is 2.41. The van der Waals surface area contributed by atoms with Gasteiger partial charge in [0.2, 0.25) is 0 Å². The second-order valence-electron chi connectivity index (χ2n) is 14.3. The second kappa shape index (κ2) is 15.5. The number of carbonyl (C=O) groups is 2. The Morgan fingerprint density at radius 3 is 2.23 bits per heavy atom. The number of rotatable bonds is 10. The van der Waals surface area contributed by atoms with E-state index in [1.165, 1.54) is 24.3 Å². The molecule has 1 aliphatic heterocycles. The zero-order valence-electron chi connectivity index (χ0n) is 32.4. The fourth-order valence-electron chi connectivity index (χ4n) is 7.26. The summed E-state index contributed by atoms with van der Waals surface area (Å²) in [6, 6.07) is 23.1. The highest BCUT2D eigenvalue weighted by Gasteiger charge is 2.35. The number of amides is 1. The number of hydrogen-bond acceptors (Lipinski definition) is 9. The maximum Gasteiger partial charge on any atom is 0.417 e. The lowest BCUT2D eigenvalue weighted by molar-refractivity contribution is -0.138. The van der Waals surface area contributed by atoms with E-state index in [-0.39, 0.29) is 40.5 Å². The SMILES string of the molecule is Cc1sc2c(c1C)C(c1ccc(-c3ccc(C(=O)NCc4ccc(S(=O)(=O)Nc5ccc(C(F)(F)F)c6c(C#N)c[nH]c56)cc4)cc3)cc1)=N[C@@H](CC(=O)O)c1nnc(C)n1-2. The van der Waals surface area contributed by atoms with Crippen LogP contribution in [0.5, 0.6) is 0 Å². The van der Waals surface area contributed by atoms with Crippen molar-refractivity contribution >= 4 is 55.5 Å². The van der Waals surface area contributed by atoms with Crippen molar-refractivity contribution in [2.45, 2.75) is 50.9 Å². The van der Waals surface area contributed by atoms with Gasteiger partial charge in [0.1, 0.15) is 22.9 Å². The Balaban J connectivity index is 0.939. The second-order valence-corrected chi connectivity index (χ2v) is 17.2. The third-order valence-corrected chi connectivity index (χ3v) is 13.0. The highest BCUT2D eigenvalue weighted by molar-refractivity contribution is 7.92. The molecular weight excluding hydrogens is 830 g/mol. The van der Waals surface area contributed by atoms with Crippen molar-refractivity contribution < 1.29 is 36.3 Å². The van der Waals surface area contributed by atoms with E-state index < -0.39 is 39.2 Å². The number of halogens is 3. The van der Waals surface area contributed by atoms with Gasteiger partial charge >= 0.3 is 12.1 Å². The number of nitrogens with one attached hydrogen (secondary N) is 3. The molecule has 4 aromatic carbocycles. The van der Waals surface area contributed by atoms with Gasteiger partial charge in [-0.3, -0.25) is 23.9 Å². The van der Waals surface area contributed by atoms with Gasteiger partial charge in [-0.15, -0.1) is 21.5 Å². The first kappa shape index (κ1) is 40.7. The lowest BCUT2D eigenvalue weighted by atomic mass is 9.96. The van der Waals surface area contributed by atoms with Crippen molar-refractivity contribution in [2.75, 3.05) is 4.72 Å².